The molecule has 1 unspecified atom stereocenters. The molecule has 1 saturated heterocycles. The van der Waals surface area contributed by atoms with Crippen molar-refractivity contribution < 1.29 is 9.59 Å². The molecule has 1 atom stereocenters. The monoisotopic (exact) mass is 326 g/mol. The fraction of sp³-hybridized carbons (Fsp3) is 0.389. The molecule has 126 valence electrons. The van der Waals surface area contributed by atoms with Gasteiger partial charge in [-0.05, 0) is 24.0 Å². The minimum Gasteiger partial charge on any atom is -0.353 e. The van der Waals surface area contributed by atoms with Crippen LogP contribution in [0.3, 0.4) is 0 Å². The Morgan fingerprint density at radius 3 is 2.83 bits per heavy atom. The van der Waals surface area contributed by atoms with Gasteiger partial charge in [0.2, 0.25) is 11.8 Å². The van der Waals surface area contributed by atoms with Gasteiger partial charge >= 0.3 is 0 Å². The van der Waals surface area contributed by atoms with E-state index in [4.69, 9.17) is 0 Å². The number of aryl methyl sites for hydroxylation is 1. The highest BCUT2D eigenvalue weighted by atomic mass is 16.2. The van der Waals surface area contributed by atoms with Crippen molar-refractivity contribution in [3.8, 4) is 0 Å². The molecule has 2 heterocycles. The molecule has 0 spiro atoms. The fourth-order valence-electron chi connectivity index (χ4n) is 3.06. The first-order chi connectivity index (χ1) is 11.7. The summed E-state index contributed by atoms with van der Waals surface area (Å²) in [4.78, 5) is 26.6. The van der Waals surface area contributed by atoms with Crippen LogP contribution in [0.15, 0.2) is 42.7 Å². The molecular formula is C18H22N4O2. The van der Waals surface area contributed by atoms with Crippen LogP contribution in [-0.2, 0) is 22.4 Å². The summed E-state index contributed by atoms with van der Waals surface area (Å²) in [5.74, 6) is -0.0115. The number of rotatable bonds is 6. The molecule has 2 amide bonds. The first-order valence-corrected chi connectivity index (χ1v) is 8.33. The molecule has 6 heteroatoms. The van der Waals surface area contributed by atoms with Crippen molar-refractivity contribution in [1.29, 1.82) is 0 Å². The molecular weight excluding hydrogens is 304 g/mol. The second-order valence-corrected chi connectivity index (χ2v) is 6.04. The summed E-state index contributed by atoms with van der Waals surface area (Å²) in [6.07, 6.45) is 6.19. The highest BCUT2D eigenvalue weighted by Gasteiger charge is 2.32. The summed E-state index contributed by atoms with van der Waals surface area (Å²) in [6.45, 7) is 1.10. The van der Waals surface area contributed by atoms with Crippen LogP contribution in [-0.4, -0.2) is 46.0 Å². The lowest BCUT2D eigenvalue weighted by atomic mass is 10.0. The number of hydrogen-bond acceptors (Lipinski definition) is 3. The highest BCUT2D eigenvalue weighted by molar-refractivity contribution is 5.89. The number of amides is 2. The van der Waals surface area contributed by atoms with Crippen LogP contribution < -0.4 is 5.32 Å². The maximum absolute atomic E-state index is 12.6. The summed E-state index contributed by atoms with van der Waals surface area (Å²) < 4.78 is 0. The summed E-state index contributed by atoms with van der Waals surface area (Å²) in [5, 5.41) is 9.55. The summed E-state index contributed by atoms with van der Waals surface area (Å²) in [7, 11) is 0. The van der Waals surface area contributed by atoms with Gasteiger partial charge in [-0.2, -0.15) is 5.10 Å². The molecule has 0 radical (unpaired) electrons. The molecule has 0 bridgehead atoms. The number of aromatic amines is 1. The molecule has 1 aromatic carbocycles. The van der Waals surface area contributed by atoms with Crippen LogP contribution >= 0.6 is 0 Å². The van der Waals surface area contributed by atoms with E-state index in [-0.39, 0.29) is 11.8 Å². The third-order valence-electron chi connectivity index (χ3n) is 4.33. The van der Waals surface area contributed by atoms with Crippen molar-refractivity contribution in [2.75, 3.05) is 13.1 Å². The number of hydrogen-bond donors (Lipinski definition) is 2. The maximum Gasteiger partial charge on any atom is 0.243 e. The van der Waals surface area contributed by atoms with Gasteiger partial charge < -0.3 is 10.2 Å². The van der Waals surface area contributed by atoms with Gasteiger partial charge in [0.15, 0.2) is 0 Å². The predicted octanol–water partition coefficient (Wildman–Crippen LogP) is 1.30. The van der Waals surface area contributed by atoms with Crippen LogP contribution in [0.25, 0.3) is 0 Å². The van der Waals surface area contributed by atoms with Crippen LogP contribution in [0.5, 0.6) is 0 Å². The van der Waals surface area contributed by atoms with Gasteiger partial charge in [-0.25, -0.2) is 0 Å². The van der Waals surface area contributed by atoms with E-state index in [1.807, 2.05) is 36.5 Å². The van der Waals surface area contributed by atoms with E-state index in [1.54, 1.807) is 11.1 Å². The quantitative estimate of drug-likeness (QED) is 0.840. The van der Waals surface area contributed by atoms with E-state index in [0.29, 0.717) is 25.9 Å². The summed E-state index contributed by atoms with van der Waals surface area (Å²) >= 11 is 0. The Hall–Kier alpha value is -2.63. The smallest absolute Gasteiger partial charge is 0.243 e. The average Bonchev–Trinajstić information content (AvgIpc) is 3.11. The van der Waals surface area contributed by atoms with E-state index >= 15 is 0 Å². The first-order valence-electron chi connectivity index (χ1n) is 8.33. The standard InChI is InChI=1S/C18H22N4O2/c23-17(8-4-7-15-12-20-21-13-15)22-10-9-19-18(24)16(22)11-14-5-2-1-3-6-14/h1-3,5-6,12-13,16H,4,7-11H2,(H,19,24)(H,20,21). The Labute approximate surface area is 141 Å². The number of aromatic nitrogens is 2. The zero-order chi connectivity index (χ0) is 16.8. The molecule has 2 N–H and O–H groups in total. The number of carbonyl (C=O) groups is 2. The van der Waals surface area contributed by atoms with E-state index in [0.717, 1.165) is 24.0 Å². The lowest BCUT2D eigenvalue weighted by Gasteiger charge is -2.35. The minimum absolute atomic E-state index is 0.0503. The Kier molecular flexibility index (Phi) is 5.25. The lowest BCUT2D eigenvalue weighted by molar-refractivity contribution is -0.143. The van der Waals surface area contributed by atoms with Crippen LogP contribution in [0, 0.1) is 0 Å². The van der Waals surface area contributed by atoms with E-state index in [9.17, 15) is 9.59 Å². The first kappa shape index (κ1) is 16.2. The maximum atomic E-state index is 12.6. The SMILES string of the molecule is O=C1NCCN(C(=O)CCCc2cn[nH]c2)C1Cc1ccccc1. The molecule has 24 heavy (non-hydrogen) atoms. The molecule has 6 nitrogen and oxygen atoms in total. The molecule has 0 aliphatic carbocycles. The largest absolute Gasteiger partial charge is 0.353 e. The number of H-pyrrole nitrogens is 1. The number of nitrogens with zero attached hydrogens (tertiary/aromatic N) is 2. The zero-order valence-electron chi connectivity index (χ0n) is 13.6. The molecule has 1 aromatic heterocycles. The predicted molar refractivity (Wildman–Crippen MR) is 90.2 cm³/mol. The van der Waals surface area contributed by atoms with E-state index < -0.39 is 6.04 Å². The van der Waals surface area contributed by atoms with Gasteiger partial charge in [-0.3, -0.25) is 14.7 Å². The summed E-state index contributed by atoms with van der Waals surface area (Å²) in [6, 6.07) is 9.42. The average molecular weight is 326 g/mol. The Balaban J connectivity index is 1.60. The van der Waals surface area contributed by atoms with E-state index in [1.165, 1.54) is 0 Å². The van der Waals surface area contributed by atoms with Crippen molar-refractivity contribution in [2.45, 2.75) is 31.7 Å². The van der Waals surface area contributed by atoms with Gasteiger partial charge in [0.1, 0.15) is 6.04 Å². The van der Waals surface area contributed by atoms with Gasteiger partial charge in [-0.15, -0.1) is 0 Å². The molecule has 1 aliphatic rings. The minimum atomic E-state index is -0.414. The third kappa shape index (κ3) is 4.01. The van der Waals surface area contributed by atoms with Gasteiger partial charge in [-0.1, -0.05) is 30.3 Å². The van der Waals surface area contributed by atoms with Gasteiger partial charge in [0.25, 0.3) is 0 Å². The fourth-order valence-corrected chi connectivity index (χ4v) is 3.06. The molecule has 3 rings (SSSR count). The number of carbonyl (C=O) groups excluding carboxylic acids is 2. The van der Waals surface area contributed by atoms with Crippen molar-refractivity contribution in [2.24, 2.45) is 0 Å². The van der Waals surface area contributed by atoms with Crippen molar-refractivity contribution in [3.63, 3.8) is 0 Å². The highest BCUT2D eigenvalue weighted by Crippen LogP contribution is 2.15. The van der Waals surface area contributed by atoms with Crippen LogP contribution in [0.2, 0.25) is 0 Å². The number of piperazine rings is 1. The molecule has 1 fully saturated rings. The van der Waals surface area contributed by atoms with Crippen molar-refractivity contribution in [1.82, 2.24) is 20.4 Å². The van der Waals surface area contributed by atoms with E-state index in [2.05, 4.69) is 15.5 Å². The Morgan fingerprint density at radius 1 is 1.25 bits per heavy atom. The molecule has 2 aromatic rings. The Morgan fingerprint density at radius 2 is 2.08 bits per heavy atom. The normalized spacial score (nSPS) is 17.6. The second-order valence-electron chi connectivity index (χ2n) is 6.04. The van der Waals surface area contributed by atoms with Gasteiger partial charge in [0, 0.05) is 32.1 Å². The van der Waals surface area contributed by atoms with Gasteiger partial charge in [0.05, 0.1) is 6.20 Å². The lowest BCUT2D eigenvalue weighted by Crippen LogP contribution is -2.58. The topological polar surface area (TPSA) is 78.1 Å². The summed E-state index contributed by atoms with van der Waals surface area (Å²) in [5.41, 5.74) is 2.16. The zero-order valence-corrected chi connectivity index (χ0v) is 13.6. The van der Waals surface area contributed by atoms with Crippen LogP contribution in [0.4, 0.5) is 0 Å². The number of nitrogens with one attached hydrogen (secondary N) is 2. The second kappa shape index (κ2) is 7.77. The Bertz CT molecular complexity index is 670. The third-order valence-corrected chi connectivity index (χ3v) is 4.33. The van der Waals surface area contributed by atoms with Crippen LogP contribution in [0.1, 0.15) is 24.0 Å². The number of benzene rings is 1. The molecule has 0 saturated carbocycles. The van der Waals surface area contributed by atoms with Crippen molar-refractivity contribution >= 4 is 11.8 Å². The molecule has 1 aliphatic heterocycles. The van der Waals surface area contributed by atoms with Crippen molar-refractivity contribution in [3.05, 3.63) is 53.9 Å².